The maximum absolute atomic E-state index is 14.0. The monoisotopic (exact) mass is 450 g/mol. The van der Waals surface area contributed by atoms with Gasteiger partial charge < -0.3 is 0 Å². The average Bonchev–Trinajstić information content (AvgIpc) is 3.23. The van der Waals surface area contributed by atoms with Crippen LogP contribution in [-0.2, 0) is 22.2 Å². The van der Waals surface area contributed by atoms with Gasteiger partial charge in [0, 0.05) is 23.4 Å². The van der Waals surface area contributed by atoms with Gasteiger partial charge in [-0.15, -0.1) is 16.4 Å². The Labute approximate surface area is 176 Å². The van der Waals surface area contributed by atoms with Crippen molar-refractivity contribution in [1.29, 1.82) is 0 Å². The van der Waals surface area contributed by atoms with E-state index in [0.29, 0.717) is 33.4 Å². The first kappa shape index (κ1) is 20.0. The van der Waals surface area contributed by atoms with E-state index in [1.165, 1.54) is 17.4 Å². The third kappa shape index (κ3) is 4.64. The molecule has 0 amide bonds. The van der Waals surface area contributed by atoms with Gasteiger partial charge in [-0.05, 0) is 29.8 Å². The zero-order valence-electron chi connectivity index (χ0n) is 15.0. The molecule has 0 saturated carbocycles. The second kappa shape index (κ2) is 8.19. The number of benzene rings is 2. The van der Waals surface area contributed by atoms with Crippen LogP contribution in [0.5, 0.6) is 0 Å². The van der Waals surface area contributed by atoms with Crippen LogP contribution in [-0.4, -0.2) is 29.6 Å². The Morgan fingerprint density at radius 2 is 2.00 bits per heavy atom. The van der Waals surface area contributed by atoms with Crippen molar-refractivity contribution in [2.75, 3.05) is 6.54 Å². The van der Waals surface area contributed by atoms with Crippen molar-refractivity contribution in [2.24, 2.45) is 0 Å². The highest BCUT2D eigenvalue weighted by atomic mass is 35.5. The summed E-state index contributed by atoms with van der Waals surface area (Å²) in [5.41, 5.74) is 1.75. The fourth-order valence-electron chi connectivity index (χ4n) is 2.89. The molecule has 0 fully saturated rings. The van der Waals surface area contributed by atoms with Crippen LogP contribution >= 0.6 is 22.9 Å². The van der Waals surface area contributed by atoms with E-state index in [-0.39, 0.29) is 18.1 Å². The van der Waals surface area contributed by atoms with E-state index in [1.54, 1.807) is 47.0 Å². The quantitative estimate of drug-likeness (QED) is 0.463. The minimum Gasteiger partial charge on any atom is -0.215 e. The van der Waals surface area contributed by atoms with Crippen LogP contribution in [0.15, 0.2) is 53.9 Å². The number of rotatable bonds is 7. The number of hydrogen-bond donors (Lipinski definition) is 1. The molecule has 0 unspecified atom stereocenters. The zero-order valence-corrected chi connectivity index (χ0v) is 17.4. The summed E-state index contributed by atoms with van der Waals surface area (Å²) in [6.07, 6.45) is 0.425. The van der Waals surface area contributed by atoms with Gasteiger partial charge in [0.25, 0.3) is 0 Å². The molecule has 2 aromatic heterocycles. The van der Waals surface area contributed by atoms with E-state index < -0.39 is 10.0 Å². The van der Waals surface area contributed by atoms with Crippen molar-refractivity contribution in [1.82, 2.24) is 19.3 Å². The highest BCUT2D eigenvalue weighted by molar-refractivity contribution is 7.88. The van der Waals surface area contributed by atoms with Gasteiger partial charge in [-0.25, -0.2) is 22.0 Å². The predicted octanol–water partition coefficient (Wildman–Crippen LogP) is 3.91. The fourth-order valence-corrected chi connectivity index (χ4v) is 5.09. The minimum atomic E-state index is -3.50. The molecule has 0 spiro atoms. The van der Waals surface area contributed by atoms with Crippen LogP contribution in [0.25, 0.3) is 16.3 Å². The summed E-state index contributed by atoms with van der Waals surface area (Å²) < 4.78 is 42.8. The van der Waals surface area contributed by atoms with Gasteiger partial charge in [-0.1, -0.05) is 35.9 Å². The second-order valence-corrected chi connectivity index (χ2v) is 9.45. The molecule has 0 radical (unpaired) electrons. The third-order valence-corrected chi connectivity index (χ3v) is 6.67. The summed E-state index contributed by atoms with van der Waals surface area (Å²) in [6.45, 7) is 0.212. The number of sulfonamides is 1. The lowest BCUT2D eigenvalue weighted by molar-refractivity contribution is 0.580. The number of hydrogen-bond acceptors (Lipinski definition) is 5. The van der Waals surface area contributed by atoms with Gasteiger partial charge in [0.1, 0.15) is 5.82 Å². The number of nitrogens with zero attached hydrogens (tertiary/aromatic N) is 3. The first-order valence-electron chi connectivity index (χ1n) is 8.71. The molecule has 4 rings (SSSR count). The molecule has 0 aliphatic carbocycles. The Balaban J connectivity index is 1.44. The molecule has 1 N–H and O–H groups in total. The Bertz CT molecular complexity index is 1270. The van der Waals surface area contributed by atoms with Crippen molar-refractivity contribution >= 4 is 37.9 Å². The Morgan fingerprint density at radius 3 is 2.79 bits per heavy atom. The largest absolute Gasteiger partial charge is 0.215 e. The normalized spacial score (nSPS) is 11.9. The second-order valence-electron chi connectivity index (χ2n) is 6.37. The topological polar surface area (TPSA) is 76.4 Å². The molecular formula is C19H16ClFN4O2S2. The van der Waals surface area contributed by atoms with Crippen molar-refractivity contribution in [2.45, 2.75) is 12.2 Å². The standard InChI is InChI=1S/C19H16ClFN4O2S2/c20-14-5-3-4-13(10-14)12-29(26,27)22-9-8-15-11-28-19-23-18(24-25(15)19)16-6-1-2-7-17(16)21/h1-7,10-11,22H,8-9,12H2. The molecule has 0 bridgehead atoms. The summed E-state index contributed by atoms with van der Waals surface area (Å²) >= 11 is 7.28. The van der Waals surface area contributed by atoms with E-state index in [1.807, 2.05) is 5.38 Å². The summed E-state index contributed by atoms with van der Waals surface area (Å²) in [7, 11) is -3.50. The van der Waals surface area contributed by atoms with Crippen molar-refractivity contribution in [3.8, 4) is 11.4 Å². The number of thiazole rings is 1. The van der Waals surface area contributed by atoms with Gasteiger partial charge in [-0.2, -0.15) is 4.98 Å². The first-order chi connectivity index (χ1) is 13.9. The molecule has 2 aromatic carbocycles. The molecule has 0 aliphatic heterocycles. The number of halogens is 2. The van der Waals surface area contributed by atoms with Crippen molar-refractivity contribution in [3.63, 3.8) is 0 Å². The average molecular weight is 451 g/mol. The summed E-state index contributed by atoms with van der Waals surface area (Å²) in [6, 6.07) is 13.1. The Morgan fingerprint density at radius 1 is 1.17 bits per heavy atom. The van der Waals surface area contributed by atoms with Gasteiger partial charge >= 0.3 is 0 Å². The first-order valence-corrected chi connectivity index (χ1v) is 11.6. The lowest BCUT2D eigenvalue weighted by Gasteiger charge is -2.07. The van der Waals surface area contributed by atoms with Gasteiger partial charge in [0.15, 0.2) is 5.82 Å². The number of aromatic nitrogens is 3. The molecule has 0 saturated heterocycles. The molecule has 150 valence electrons. The van der Waals surface area contributed by atoms with Crippen LogP contribution in [0.2, 0.25) is 5.02 Å². The van der Waals surface area contributed by atoms with E-state index >= 15 is 0 Å². The van der Waals surface area contributed by atoms with Gasteiger partial charge in [-0.3, -0.25) is 0 Å². The number of nitrogens with one attached hydrogen (secondary N) is 1. The van der Waals surface area contributed by atoms with E-state index in [0.717, 1.165) is 5.69 Å². The third-order valence-electron chi connectivity index (χ3n) is 4.21. The molecular weight excluding hydrogens is 435 g/mol. The van der Waals surface area contributed by atoms with E-state index in [9.17, 15) is 12.8 Å². The van der Waals surface area contributed by atoms with E-state index in [2.05, 4.69) is 14.8 Å². The summed E-state index contributed by atoms with van der Waals surface area (Å²) in [5, 5.41) is 6.74. The smallest absolute Gasteiger partial charge is 0.215 e. The fraction of sp³-hybridized carbons (Fsp3) is 0.158. The maximum Gasteiger partial charge on any atom is 0.215 e. The molecule has 2 heterocycles. The molecule has 6 nitrogen and oxygen atoms in total. The van der Waals surface area contributed by atoms with E-state index in [4.69, 9.17) is 11.6 Å². The highest BCUT2D eigenvalue weighted by Gasteiger charge is 2.15. The molecule has 0 atom stereocenters. The molecule has 0 aliphatic rings. The lowest BCUT2D eigenvalue weighted by atomic mass is 10.2. The molecule has 10 heteroatoms. The molecule has 4 aromatic rings. The Kier molecular flexibility index (Phi) is 5.64. The van der Waals surface area contributed by atoms with Gasteiger partial charge in [0.2, 0.25) is 15.0 Å². The van der Waals surface area contributed by atoms with Crippen LogP contribution in [0, 0.1) is 5.82 Å². The lowest BCUT2D eigenvalue weighted by Crippen LogP contribution is -2.27. The van der Waals surface area contributed by atoms with Crippen molar-refractivity contribution in [3.05, 3.63) is 76.0 Å². The van der Waals surface area contributed by atoms with Crippen LogP contribution in [0.4, 0.5) is 4.39 Å². The summed E-state index contributed by atoms with van der Waals surface area (Å²) in [4.78, 5) is 4.99. The van der Waals surface area contributed by atoms with Crippen LogP contribution in [0.1, 0.15) is 11.3 Å². The van der Waals surface area contributed by atoms with Crippen LogP contribution < -0.4 is 4.72 Å². The SMILES string of the molecule is O=S(=O)(Cc1cccc(Cl)c1)NCCc1csc2nc(-c3ccccc3F)nn12. The van der Waals surface area contributed by atoms with Crippen molar-refractivity contribution < 1.29 is 12.8 Å². The Hall–Kier alpha value is -2.33. The zero-order chi connectivity index (χ0) is 20.4. The minimum absolute atomic E-state index is 0.145. The van der Waals surface area contributed by atoms with Gasteiger partial charge in [0.05, 0.1) is 17.0 Å². The highest BCUT2D eigenvalue weighted by Crippen LogP contribution is 2.23. The summed E-state index contributed by atoms with van der Waals surface area (Å²) in [5.74, 6) is -0.230. The maximum atomic E-state index is 14.0. The number of fused-ring (bicyclic) bond motifs is 1. The molecule has 29 heavy (non-hydrogen) atoms. The predicted molar refractivity (Wildman–Crippen MR) is 112 cm³/mol. The van der Waals surface area contributed by atoms with Crippen LogP contribution in [0.3, 0.4) is 0 Å².